The van der Waals surface area contributed by atoms with Gasteiger partial charge in [-0.15, -0.1) is 0 Å². The third kappa shape index (κ3) is 4.98. The minimum atomic E-state index is -0.557. The number of aryl methyl sites for hydroxylation is 1. The highest BCUT2D eigenvalue weighted by atomic mass is 16.2. The molecular formula is C24H24N6O3. The first kappa shape index (κ1) is 21.9. The van der Waals surface area contributed by atoms with Crippen LogP contribution in [0.25, 0.3) is 0 Å². The summed E-state index contributed by atoms with van der Waals surface area (Å²) in [6.07, 6.45) is 3.61. The average molecular weight is 444 g/mol. The fourth-order valence-electron chi connectivity index (χ4n) is 3.52. The molecule has 2 N–H and O–H groups in total. The molecule has 1 aromatic heterocycles. The summed E-state index contributed by atoms with van der Waals surface area (Å²) in [5.41, 5.74) is 2.76. The predicted molar refractivity (Wildman–Crippen MR) is 126 cm³/mol. The standard InChI is InChI=1S/C24H24N6O3/c1-16-4-6-17(7-5-16)27-22(31)20-21(26-13-12-25-20)23(32)28-18-8-10-19(11-9-18)30-15-3-14-29(2)24(30)33/h4-13H,3,14-15H2,1-2H3,(H,27,31)(H,28,32). The van der Waals surface area contributed by atoms with Crippen molar-refractivity contribution in [3.63, 3.8) is 0 Å². The van der Waals surface area contributed by atoms with Crippen LogP contribution in [0, 0.1) is 6.92 Å². The molecule has 33 heavy (non-hydrogen) atoms. The van der Waals surface area contributed by atoms with Gasteiger partial charge < -0.3 is 15.5 Å². The van der Waals surface area contributed by atoms with E-state index in [9.17, 15) is 14.4 Å². The van der Waals surface area contributed by atoms with Crippen molar-refractivity contribution in [2.24, 2.45) is 0 Å². The van der Waals surface area contributed by atoms with Gasteiger partial charge in [0.2, 0.25) is 0 Å². The van der Waals surface area contributed by atoms with Crippen molar-refractivity contribution in [3.8, 4) is 0 Å². The minimum Gasteiger partial charge on any atom is -0.327 e. The Morgan fingerprint density at radius 1 is 0.818 bits per heavy atom. The Hall–Kier alpha value is -4.27. The Morgan fingerprint density at radius 2 is 1.33 bits per heavy atom. The second kappa shape index (κ2) is 9.47. The van der Waals surface area contributed by atoms with Gasteiger partial charge in [-0.1, -0.05) is 17.7 Å². The molecule has 4 rings (SSSR count). The Kier molecular flexibility index (Phi) is 6.30. The molecule has 0 radical (unpaired) electrons. The van der Waals surface area contributed by atoms with Crippen molar-refractivity contribution in [3.05, 3.63) is 77.9 Å². The van der Waals surface area contributed by atoms with Crippen molar-refractivity contribution < 1.29 is 14.4 Å². The van der Waals surface area contributed by atoms with Gasteiger partial charge in [0.05, 0.1) is 0 Å². The van der Waals surface area contributed by atoms with Crippen molar-refractivity contribution in [2.75, 3.05) is 35.7 Å². The van der Waals surface area contributed by atoms with Gasteiger partial charge in [-0.2, -0.15) is 0 Å². The maximum Gasteiger partial charge on any atom is 0.324 e. The highest BCUT2D eigenvalue weighted by Gasteiger charge is 2.24. The second-order valence-corrected chi connectivity index (χ2v) is 7.78. The smallest absolute Gasteiger partial charge is 0.324 e. The van der Waals surface area contributed by atoms with E-state index >= 15 is 0 Å². The second-order valence-electron chi connectivity index (χ2n) is 7.78. The normalized spacial score (nSPS) is 13.6. The van der Waals surface area contributed by atoms with Crippen LogP contribution in [0.4, 0.5) is 21.9 Å². The van der Waals surface area contributed by atoms with E-state index in [1.807, 2.05) is 19.1 Å². The first-order valence-electron chi connectivity index (χ1n) is 10.6. The molecule has 0 spiro atoms. The molecule has 1 fully saturated rings. The summed E-state index contributed by atoms with van der Waals surface area (Å²) in [7, 11) is 1.77. The van der Waals surface area contributed by atoms with Gasteiger partial charge in [-0.25, -0.2) is 14.8 Å². The highest BCUT2D eigenvalue weighted by Crippen LogP contribution is 2.22. The summed E-state index contributed by atoms with van der Waals surface area (Å²) in [5.74, 6) is -1.08. The van der Waals surface area contributed by atoms with Crippen molar-refractivity contribution >= 4 is 34.9 Å². The number of urea groups is 1. The fourth-order valence-corrected chi connectivity index (χ4v) is 3.52. The number of nitrogens with zero attached hydrogens (tertiary/aromatic N) is 4. The van der Waals surface area contributed by atoms with E-state index in [4.69, 9.17) is 0 Å². The molecule has 168 valence electrons. The Morgan fingerprint density at radius 3 is 1.88 bits per heavy atom. The summed E-state index contributed by atoms with van der Waals surface area (Å²) in [6, 6.07) is 14.2. The number of hydrogen-bond donors (Lipinski definition) is 2. The topological polar surface area (TPSA) is 108 Å². The zero-order chi connectivity index (χ0) is 23.4. The molecule has 0 unspecified atom stereocenters. The van der Waals surface area contributed by atoms with Gasteiger partial charge in [0.1, 0.15) is 0 Å². The molecule has 0 saturated carbocycles. The first-order chi connectivity index (χ1) is 15.9. The lowest BCUT2D eigenvalue weighted by atomic mass is 10.2. The van der Waals surface area contributed by atoms with Crippen LogP contribution in [-0.2, 0) is 0 Å². The van der Waals surface area contributed by atoms with E-state index < -0.39 is 11.8 Å². The number of carbonyl (C=O) groups is 3. The third-order valence-electron chi connectivity index (χ3n) is 5.31. The van der Waals surface area contributed by atoms with E-state index in [1.54, 1.807) is 53.2 Å². The number of rotatable bonds is 5. The molecule has 0 atom stereocenters. The van der Waals surface area contributed by atoms with Crippen LogP contribution in [0.3, 0.4) is 0 Å². The lowest BCUT2D eigenvalue weighted by molar-refractivity contribution is 0.0983. The van der Waals surface area contributed by atoms with Gasteiger partial charge in [0.15, 0.2) is 11.4 Å². The number of nitrogens with one attached hydrogen (secondary N) is 2. The Labute approximate surface area is 191 Å². The van der Waals surface area contributed by atoms with Crippen LogP contribution in [-0.4, -0.2) is 52.9 Å². The molecule has 1 aliphatic rings. The molecule has 0 aliphatic carbocycles. The third-order valence-corrected chi connectivity index (χ3v) is 5.31. The van der Waals surface area contributed by atoms with Gasteiger partial charge in [-0.3, -0.25) is 14.5 Å². The SMILES string of the molecule is Cc1ccc(NC(=O)c2nccnc2C(=O)Nc2ccc(N3CCCN(C)C3=O)cc2)cc1. The first-order valence-corrected chi connectivity index (χ1v) is 10.6. The number of hydrogen-bond acceptors (Lipinski definition) is 5. The maximum absolute atomic E-state index is 12.9. The summed E-state index contributed by atoms with van der Waals surface area (Å²) in [6.45, 7) is 3.33. The maximum atomic E-state index is 12.9. The van der Waals surface area contributed by atoms with Crippen molar-refractivity contribution in [1.29, 1.82) is 0 Å². The largest absolute Gasteiger partial charge is 0.327 e. The average Bonchev–Trinajstić information content (AvgIpc) is 2.83. The molecule has 2 heterocycles. The molecule has 3 aromatic rings. The zero-order valence-corrected chi connectivity index (χ0v) is 18.4. The van der Waals surface area contributed by atoms with E-state index in [0.717, 1.165) is 24.2 Å². The molecule has 2 aromatic carbocycles. The molecule has 0 bridgehead atoms. The quantitative estimate of drug-likeness (QED) is 0.626. The van der Waals surface area contributed by atoms with Crippen LogP contribution < -0.4 is 15.5 Å². The van der Waals surface area contributed by atoms with E-state index in [0.29, 0.717) is 17.9 Å². The molecule has 1 aliphatic heterocycles. The number of anilines is 3. The molecule has 9 heteroatoms. The monoisotopic (exact) mass is 444 g/mol. The lowest BCUT2D eigenvalue weighted by Crippen LogP contribution is -2.47. The van der Waals surface area contributed by atoms with Crippen LogP contribution in [0.5, 0.6) is 0 Å². The Balaban J connectivity index is 1.47. The summed E-state index contributed by atoms with van der Waals surface area (Å²) in [5, 5.41) is 5.47. The van der Waals surface area contributed by atoms with Crippen LogP contribution in [0.1, 0.15) is 33.0 Å². The summed E-state index contributed by atoms with van der Waals surface area (Å²) in [4.78, 5) is 49.4. The molecular weight excluding hydrogens is 420 g/mol. The number of benzene rings is 2. The number of carbonyl (C=O) groups excluding carboxylic acids is 3. The minimum absolute atomic E-state index is 0.0539. The summed E-state index contributed by atoms with van der Waals surface area (Å²) >= 11 is 0. The van der Waals surface area contributed by atoms with Crippen LogP contribution in [0.15, 0.2) is 60.9 Å². The number of amides is 4. The Bertz CT molecular complexity index is 1180. The predicted octanol–water partition coefficient (Wildman–Crippen LogP) is 3.55. The zero-order valence-electron chi connectivity index (χ0n) is 18.4. The number of aromatic nitrogens is 2. The molecule has 1 saturated heterocycles. The van der Waals surface area contributed by atoms with Gasteiger partial charge in [0, 0.05) is 49.6 Å². The summed E-state index contributed by atoms with van der Waals surface area (Å²) < 4.78 is 0. The fraction of sp³-hybridized carbons (Fsp3) is 0.208. The lowest BCUT2D eigenvalue weighted by Gasteiger charge is -2.33. The van der Waals surface area contributed by atoms with Crippen molar-refractivity contribution in [1.82, 2.24) is 14.9 Å². The van der Waals surface area contributed by atoms with Gasteiger partial charge in [-0.05, 0) is 49.7 Å². The highest BCUT2D eigenvalue weighted by molar-refractivity contribution is 6.13. The van der Waals surface area contributed by atoms with E-state index in [1.165, 1.54) is 12.4 Å². The molecule has 9 nitrogen and oxygen atoms in total. The molecule has 4 amide bonds. The van der Waals surface area contributed by atoms with Crippen molar-refractivity contribution in [2.45, 2.75) is 13.3 Å². The van der Waals surface area contributed by atoms with Gasteiger partial charge in [0.25, 0.3) is 11.8 Å². The van der Waals surface area contributed by atoms with Gasteiger partial charge >= 0.3 is 6.03 Å². The van der Waals surface area contributed by atoms with E-state index in [2.05, 4.69) is 20.6 Å². The van der Waals surface area contributed by atoms with E-state index in [-0.39, 0.29) is 17.4 Å². The van der Waals surface area contributed by atoms with Crippen LogP contribution in [0.2, 0.25) is 0 Å². The van der Waals surface area contributed by atoms with Crippen LogP contribution >= 0.6 is 0 Å².